The molecule has 0 saturated heterocycles. The van der Waals surface area contributed by atoms with E-state index in [1.54, 1.807) is 7.11 Å². The minimum Gasteiger partial charge on any atom is -0.383 e. The first-order valence-corrected chi connectivity index (χ1v) is 7.36. The second-order valence-corrected chi connectivity index (χ2v) is 6.52. The number of rotatable bonds is 7. The molecule has 4 nitrogen and oxygen atoms in total. The first-order chi connectivity index (χ1) is 9.33. The summed E-state index contributed by atoms with van der Waals surface area (Å²) in [5, 5.41) is 3.36. The topological polar surface area (TPSA) is 47.0 Å². The van der Waals surface area contributed by atoms with Gasteiger partial charge in [0, 0.05) is 31.5 Å². The lowest BCUT2D eigenvalue weighted by molar-refractivity contribution is 0.199. The molecule has 0 unspecified atom stereocenters. The van der Waals surface area contributed by atoms with E-state index in [-0.39, 0.29) is 5.41 Å². The quantitative estimate of drug-likeness (QED) is 0.779. The second-order valence-electron chi connectivity index (χ2n) is 6.52. The van der Waals surface area contributed by atoms with Gasteiger partial charge in [0.05, 0.1) is 6.61 Å². The van der Waals surface area contributed by atoms with Crippen molar-refractivity contribution in [1.82, 2.24) is 15.3 Å². The van der Waals surface area contributed by atoms with E-state index in [0.29, 0.717) is 0 Å². The summed E-state index contributed by atoms with van der Waals surface area (Å²) in [6.07, 6.45) is 1.89. The molecule has 1 aromatic heterocycles. The molecule has 0 radical (unpaired) electrons. The van der Waals surface area contributed by atoms with Crippen LogP contribution in [-0.4, -0.2) is 36.8 Å². The Morgan fingerprint density at radius 3 is 2.15 bits per heavy atom. The van der Waals surface area contributed by atoms with Gasteiger partial charge in [-0.15, -0.1) is 0 Å². The van der Waals surface area contributed by atoms with Crippen molar-refractivity contribution < 1.29 is 4.74 Å². The number of nitrogens with zero attached hydrogens (tertiary/aromatic N) is 2. The van der Waals surface area contributed by atoms with Gasteiger partial charge in [-0.05, 0) is 37.8 Å². The average molecular weight is 279 g/mol. The van der Waals surface area contributed by atoms with Crippen LogP contribution in [0.15, 0.2) is 0 Å². The number of nitrogens with one attached hydrogen (secondary N) is 1. The fraction of sp³-hybridized carbons (Fsp3) is 0.750. The minimum absolute atomic E-state index is 0.224. The van der Waals surface area contributed by atoms with Crippen molar-refractivity contribution in [2.75, 3.05) is 26.8 Å². The van der Waals surface area contributed by atoms with Gasteiger partial charge in [-0.25, -0.2) is 9.97 Å². The van der Waals surface area contributed by atoms with Gasteiger partial charge in [0.15, 0.2) is 0 Å². The van der Waals surface area contributed by atoms with Gasteiger partial charge in [0.1, 0.15) is 5.82 Å². The second kappa shape index (κ2) is 7.70. The third-order valence-electron chi connectivity index (χ3n) is 3.19. The van der Waals surface area contributed by atoms with Gasteiger partial charge in [-0.2, -0.15) is 0 Å². The third-order valence-corrected chi connectivity index (χ3v) is 3.19. The molecule has 0 aromatic carbocycles. The Balaban J connectivity index is 2.64. The molecule has 0 fully saturated rings. The molecule has 0 atom stereocenters. The predicted octanol–water partition coefficient (Wildman–Crippen LogP) is 2.46. The summed E-state index contributed by atoms with van der Waals surface area (Å²) < 4.78 is 5.02. The maximum atomic E-state index is 5.02. The highest BCUT2D eigenvalue weighted by Crippen LogP contribution is 2.20. The molecule has 0 spiro atoms. The highest BCUT2D eigenvalue weighted by Gasteiger charge is 2.15. The Hall–Kier alpha value is -1.00. The zero-order valence-corrected chi connectivity index (χ0v) is 13.8. The number of ether oxygens (including phenoxy) is 1. The number of hydrogen-bond acceptors (Lipinski definition) is 4. The highest BCUT2D eigenvalue weighted by molar-refractivity contribution is 5.25. The van der Waals surface area contributed by atoms with Crippen molar-refractivity contribution in [2.24, 2.45) is 5.41 Å². The molecule has 0 aliphatic heterocycles. The van der Waals surface area contributed by atoms with E-state index in [0.717, 1.165) is 49.8 Å². The maximum absolute atomic E-state index is 5.02. The highest BCUT2D eigenvalue weighted by atomic mass is 16.5. The molecule has 0 bridgehead atoms. The molecule has 0 amide bonds. The summed E-state index contributed by atoms with van der Waals surface area (Å²) in [6, 6.07) is 0. The lowest BCUT2D eigenvalue weighted by atomic mass is 9.92. The maximum Gasteiger partial charge on any atom is 0.129 e. The molecular formula is C16H29N3O. The van der Waals surface area contributed by atoms with Crippen molar-refractivity contribution >= 4 is 0 Å². The zero-order chi connectivity index (χ0) is 15.2. The van der Waals surface area contributed by atoms with Gasteiger partial charge in [-0.1, -0.05) is 20.8 Å². The largest absolute Gasteiger partial charge is 0.383 e. The molecule has 0 aliphatic carbocycles. The third kappa shape index (κ3) is 5.97. The SMILES string of the molecule is COCCNCCc1c(C)nc(CC(C)(C)C)nc1C. The van der Waals surface area contributed by atoms with E-state index in [1.165, 1.54) is 5.56 Å². The van der Waals surface area contributed by atoms with Crippen LogP contribution in [-0.2, 0) is 17.6 Å². The Morgan fingerprint density at radius 1 is 1.05 bits per heavy atom. The van der Waals surface area contributed by atoms with Crippen LogP contribution in [0.3, 0.4) is 0 Å². The molecule has 114 valence electrons. The normalized spacial score (nSPS) is 11.9. The van der Waals surface area contributed by atoms with Crippen molar-refractivity contribution in [2.45, 2.75) is 47.5 Å². The van der Waals surface area contributed by atoms with Crippen molar-refractivity contribution in [3.63, 3.8) is 0 Å². The van der Waals surface area contributed by atoms with Crippen LogP contribution in [0.25, 0.3) is 0 Å². The van der Waals surface area contributed by atoms with Crippen molar-refractivity contribution in [3.8, 4) is 0 Å². The fourth-order valence-corrected chi connectivity index (χ4v) is 2.24. The van der Waals surface area contributed by atoms with E-state index < -0.39 is 0 Å². The number of hydrogen-bond donors (Lipinski definition) is 1. The summed E-state index contributed by atoms with van der Waals surface area (Å²) in [5.41, 5.74) is 3.73. The van der Waals surface area contributed by atoms with Crippen LogP contribution in [0.1, 0.15) is 43.5 Å². The molecule has 0 saturated carbocycles. The zero-order valence-electron chi connectivity index (χ0n) is 13.8. The molecule has 1 aromatic rings. The predicted molar refractivity (Wildman–Crippen MR) is 83.1 cm³/mol. The van der Waals surface area contributed by atoms with Gasteiger partial charge in [0.2, 0.25) is 0 Å². The Morgan fingerprint density at radius 2 is 1.65 bits per heavy atom. The van der Waals surface area contributed by atoms with Crippen molar-refractivity contribution in [3.05, 3.63) is 22.8 Å². The number of aromatic nitrogens is 2. The number of methoxy groups -OCH3 is 1. The van der Waals surface area contributed by atoms with Gasteiger partial charge >= 0.3 is 0 Å². The average Bonchev–Trinajstić information content (AvgIpc) is 2.29. The monoisotopic (exact) mass is 279 g/mol. The summed E-state index contributed by atoms with van der Waals surface area (Å²) in [5.74, 6) is 0.962. The molecule has 20 heavy (non-hydrogen) atoms. The standard InChI is InChI=1S/C16H29N3O/c1-12-14(7-8-17-9-10-20-6)13(2)19-15(18-12)11-16(3,4)5/h17H,7-11H2,1-6H3. The van der Waals surface area contributed by atoms with E-state index in [4.69, 9.17) is 4.74 Å². The van der Waals surface area contributed by atoms with Gasteiger partial charge < -0.3 is 10.1 Å². The molecular weight excluding hydrogens is 250 g/mol. The van der Waals surface area contributed by atoms with Gasteiger partial charge in [-0.3, -0.25) is 0 Å². The molecule has 0 aliphatic rings. The van der Waals surface area contributed by atoms with Crippen LogP contribution >= 0.6 is 0 Å². The first kappa shape index (κ1) is 17.1. The molecule has 1 rings (SSSR count). The van der Waals surface area contributed by atoms with Crippen LogP contribution in [0.4, 0.5) is 0 Å². The minimum atomic E-state index is 0.224. The van der Waals surface area contributed by atoms with E-state index in [9.17, 15) is 0 Å². The summed E-state index contributed by atoms with van der Waals surface area (Å²) >= 11 is 0. The number of aryl methyl sites for hydroxylation is 2. The Bertz CT molecular complexity index is 401. The van der Waals surface area contributed by atoms with E-state index >= 15 is 0 Å². The van der Waals surface area contributed by atoms with Gasteiger partial charge in [0.25, 0.3) is 0 Å². The van der Waals surface area contributed by atoms with E-state index in [1.807, 2.05) is 0 Å². The lowest BCUT2D eigenvalue weighted by Crippen LogP contribution is -2.23. The lowest BCUT2D eigenvalue weighted by Gasteiger charge is -2.18. The van der Waals surface area contributed by atoms with Crippen LogP contribution in [0.5, 0.6) is 0 Å². The van der Waals surface area contributed by atoms with E-state index in [2.05, 4.69) is 49.9 Å². The molecule has 1 N–H and O–H groups in total. The molecule has 4 heteroatoms. The molecule has 1 heterocycles. The summed E-state index contributed by atoms with van der Waals surface area (Å²) in [4.78, 5) is 9.34. The smallest absolute Gasteiger partial charge is 0.129 e. The summed E-state index contributed by atoms with van der Waals surface area (Å²) in [6.45, 7) is 13.4. The van der Waals surface area contributed by atoms with Crippen molar-refractivity contribution in [1.29, 1.82) is 0 Å². The fourth-order valence-electron chi connectivity index (χ4n) is 2.24. The summed E-state index contributed by atoms with van der Waals surface area (Å²) in [7, 11) is 1.72. The Labute approximate surface area is 123 Å². The van der Waals surface area contributed by atoms with Crippen LogP contribution in [0.2, 0.25) is 0 Å². The van der Waals surface area contributed by atoms with Crippen LogP contribution in [0, 0.1) is 19.3 Å². The Kier molecular flexibility index (Phi) is 6.56. The van der Waals surface area contributed by atoms with Crippen LogP contribution < -0.4 is 5.32 Å². The first-order valence-electron chi connectivity index (χ1n) is 7.36.